The molecule has 98 valence electrons. The summed E-state index contributed by atoms with van der Waals surface area (Å²) >= 11 is 0. The van der Waals surface area contributed by atoms with Gasteiger partial charge < -0.3 is 4.90 Å². The van der Waals surface area contributed by atoms with Gasteiger partial charge in [0.05, 0.1) is 12.1 Å². The average Bonchev–Trinajstić information content (AvgIpc) is 2.59. The quantitative estimate of drug-likeness (QED) is 0.623. The fraction of sp³-hybridized carbons (Fsp3) is 0.933. The Hall–Kier alpha value is -0.530. The summed E-state index contributed by atoms with van der Waals surface area (Å²) in [4.78, 5) is 7.53. The molecule has 2 heteroatoms. The first-order valence-electron chi connectivity index (χ1n) is 7.31. The Morgan fingerprint density at radius 1 is 1.00 bits per heavy atom. The molecule has 2 nitrogen and oxygen atoms in total. The lowest BCUT2D eigenvalue weighted by molar-refractivity contribution is 0.302. The summed E-state index contributed by atoms with van der Waals surface area (Å²) in [7, 11) is 2.26. The van der Waals surface area contributed by atoms with Crippen LogP contribution in [-0.4, -0.2) is 29.9 Å². The van der Waals surface area contributed by atoms with E-state index in [0.29, 0.717) is 12.1 Å². The number of aliphatic imine (C=N–C) groups is 1. The number of hydrogen-bond donors (Lipinski definition) is 0. The van der Waals surface area contributed by atoms with Crippen molar-refractivity contribution in [3.8, 4) is 0 Å². The van der Waals surface area contributed by atoms with E-state index in [2.05, 4.69) is 32.7 Å². The van der Waals surface area contributed by atoms with Gasteiger partial charge in [0.1, 0.15) is 5.84 Å². The molecule has 0 radical (unpaired) electrons. The SMILES string of the molecule is CN1C(C(C)(C)C)=NC2CCCCCCCC21. The number of fused-ring (bicyclic) bond motifs is 1. The fourth-order valence-electron chi connectivity index (χ4n) is 3.35. The van der Waals surface area contributed by atoms with Gasteiger partial charge in [0, 0.05) is 12.5 Å². The predicted octanol–water partition coefficient (Wildman–Crippen LogP) is 3.86. The first-order chi connectivity index (χ1) is 8.00. The van der Waals surface area contributed by atoms with Crippen molar-refractivity contribution in [3.63, 3.8) is 0 Å². The van der Waals surface area contributed by atoms with E-state index >= 15 is 0 Å². The van der Waals surface area contributed by atoms with E-state index in [4.69, 9.17) is 4.99 Å². The standard InChI is InChI=1S/C15H28N2/c1-15(2,3)14-16-12-10-8-6-5-7-9-11-13(12)17(14)4/h12-13H,5-11H2,1-4H3. The Morgan fingerprint density at radius 2 is 1.59 bits per heavy atom. The van der Waals surface area contributed by atoms with Crippen molar-refractivity contribution in [3.05, 3.63) is 0 Å². The normalized spacial score (nSPS) is 31.3. The van der Waals surface area contributed by atoms with Gasteiger partial charge in [-0.05, 0) is 12.8 Å². The van der Waals surface area contributed by atoms with Crippen LogP contribution in [0.15, 0.2) is 4.99 Å². The van der Waals surface area contributed by atoms with Gasteiger partial charge in [0.2, 0.25) is 0 Å². The summed E-state index contributed by atoms with van der Waals surface area (Å²) < 4.78 is 0. The molecule has 0 aromatic rings. The molecule has 1 aliphatic carbocycles. The van der Waals surface area contributed by atoms with Crippen LogP contribution >= 0.6 is 0 Å². The van der Waals surface area contributed by atoms with Gasteiger partial charge in [-0.15, -0.1) is 0 Å². The monoisotopic (exact) mass is 236 g/mol. The topological polar surface area (TPSA) is 15.6 Å². The van der Waals surface area contributed by atoms with Gasteiger partial charge in [-0.1, -0.05) is 52.9 Å². The molecular formula is C15H28N2. The zero-order valence-corrected chi connectivity index (χ0v) is 12.0. The smallest absolute Gasteiger partial charge is 0.105 e. The summed E-state index contributed by atoms with van der Waals surface area (Å²) in [5.74, 6) is 1.33. The second kappa shape index (κ2) is 4.99. The fourth-order valence-corrected chi connectivity index (χ4v) is 3.35. The summed E-state index contributed by atoms with van der Waals surface area (Å²) in [5, 5.41) is 0. The molecule has 1 fully saturated rings. The van der Waals surface area contributed by atoms with E-state index in [1.807, 2.05) is 0 Å². The molecule has 0 spiro atoms. The minimum absolute atomic E-state index is 0.200. The Morgan fingerprint density at radius 3 is 2.24 bits per heavy atom. The van der Waals surface area contributed by atoms with Crippen LogP contribution in [0, 0.1) is 5.41 Å². The van der Waals surface area contributed by atoms with Crippen molar-refractivity contribution in [1.82, 2.24) is 4.90 Å². The third-order valence-corrected chi connectivity index (χ3v) is 4.23. The highest BCUT2D eigenvalue weighted by Crippen LogP contribution is 2.33. The number of nitrogens with zero attached hydrogens (tertiary/aromatic N) is 2. The third kappa shape index (κ3) is 2.83. The molecule has 0 N–H and O–H groups in total. The Kier molecular flexibility index (Phi) is 3.79. The zero-order valence-electron chi connectivity index (χ0n) is 12.0. The van der Waals surface area contributed by atoms with Crippen LogP contribution in [0.3, 0.4) is 0 Å². The molecule has 1 aliphatic heterocycles. The molecule has 0 aromatic heterocycles. The maximum atomic E-state index is 5.05. The van der Waals surface area contributed by atoms with E-state index in [0.717, 1.165) is 0 Å². The van der Waals surface area contributed by atoms with Crippen LogP contribution < -0.4 is 0 Å². The van der Waals surface area contributed by atoms with Gasteiger partial charge in [-0.25, -0.2) is 0 Å². The number of likely N-dealkylation sites (N-methyl/N-ethyl adjacent to an activating group) is 1. The van der Waals surface area contributed by atoms with Gasteiger partial charge in [-0.3, -0.25) is 4.99 Å². The van der Waals surface area contributed by atoms with E-state index < -0.39 is 0 Å². The molecule has 17 heavy (non-hydrogen) atoms. The first-order valence-corrected chi connectivity index (χ1v) is 7.31. The van der Waals surface area contributed by atoms with Crippen molar-refractivity contribution in [2.75, 3.05) is 7.05 Å². The molecule has 2 aliphatic rings. The second-order valence-corrected chi connectivity index (χ2v) is 6.79. The van der Waals surface area contributed by atoms with E-state index in [9.17, 15) is 0 Å². The molecule has 2 atom stereocenters. The molecule has 0 aromatic carbocycles. The molecule has 0 bridgehead atoms. The summed E-state index contributed by atoms with van der Waals surface area (Å²) in [6, 6.07) is 1.26. The minimum Gasteiger partial charge on any atom is -0.358 e. The van der Waals surface area contributed by atoms with E-state index in [-0.39, 0.29) is 5.41 Å². The van der Waals surface area contributed by atoms with E-state index in [1.165, 1.54) is 50.8 Å². The highest BCUT2D eigenvalue weighted by molar-refractivity contribution is 5.89. The Labute approximate surface area is 106 Å². The Bertz CT molecular complexity index is 288. The highest BCUT2D eigenvalue weighted by Gasteiger charge is 2.37. The maximum absolute atomic E-state index is 5.05. The van der Waals surface area contributed by atoms with Crippen LogP contribution in [0.1, 0.15) is 65.7 Å². The molecule has 2 unspecified atom stereocenters. The van der Waals surface area contributed by atoms with Crippen molar-refractivity contribution in [2.45, 2.75) is 77.8 Å². The van der Waals surface area contributed by atoms with Crippen LogP contribution in [0.2, 0.25) is 0 Å². The molecule has 2 rings (SSSR count). The molecule has 0 saturated heterocycles. The van der Waals surface area contributed by atoms with Gasteiger partial charge in [0.25, 0.3) is 0 Å². The predicted molar refractivity (Wildman–Crippen MR) is 74.5 cm³/mol. The van der Waals surface area contributed by atoms with Crippen LogP contribution in [0.4, 0.5) is 0 Å². The molecule has 1 heterocycles. The van der Waals surface area contributed by atoms with Crippen LogP contribution in [0.25, 0.3) is 0 Å². The lowest BCUT2D eigenvalue weighted by Crippen LogP contribution is -2.41. The summed E-state index contributed by atoms with van der Waals surface area (Å²) in [6.45, 7) is 6.86. The Balaban J connectivity index is 2.14. The highest BCUT2D eigenvalue weighted by atomic mass is 15.3. The second-order valence-electron chi connectivity index (χ2n) is 6.79. The van der Waals surface area contributed by atoms with Crippen molar-refractivity contribution in [1.29, 1.82) is 0 Å². The van der Waals surface area contributed by atoms with Crippen molar-refractivity contribution >= 4 is 5.84 Å². The largest absolute Gasteiger partial charge is 0.358 e. The van der Waals surface area contributed by atoms with Gasteiger partial charge in [-0.2, -0.15) is 0 Å². The molecule has 0 amide bonds. The number of rotatable bonds is 0. The number of amidine groups is 1. The molecular weight excluding hydrogens is 208 g/mol. The van der Waals surface area contributed by atoms with Gasteiger partial charge >= 0.3 is 0 Å². The lowest BCUT2D eigenvalue weighted by Gasteiger charge is -2.31. The molecule has 1 saturated carbocycles. The zero-order chi connectivity index (χ0) is 12.5. The minimum atomic E-state index is 0.200. The van der Waals surface area contributed by atoms with Gasteiger partial charge in [0.15, 0.2) is 0 Å². The average molecular weight is 236 g/mol. The maximum Gasteiger partial charge on any atom is 0.105 e. The summed E-state index contributed by atoms with van der Waals surface area (Å²) in [6.07, 6.45) is 9.65. The van der Waals surface area contributed by atoms with Crippen LogP contribution in [0.5, 0.6) is 0 Å². The lowest BCUT2D eigenvalue weighted by atomic mass is 9.94. The third-order valence-electron chi connectivity index (χ3n) is 4.23. The van der Waals surface area contributed by atoms with Crippen molar-refractivity contribution < 1.29 is 0 Å². The van der Waals surface area contributed by atoms with Crippen LogP contribution in [-0.2, 0) is 0 Å². The van der Waals surface area contributed by atoms with Crippen molar-refractivity contribution in [2.24, 2.45) is 10.4 Å². The summed E-state index contributed by atoms with van der Waals surface area (Å²) in [5.41, 5.74) is 0.200. The first kappa shape index (κ1) is 12.9. The number of hydrogen-bond acceptors (Lipinski definition) is 2. The van der Waals surface area contributed by atoms with E-state index in [1.54, 1.807) is 0 Å².